The molecule has 0 saturated carbocycles. The largest absolute Gasteiger partial charge is 0.393 e. The van der Waals surface area contributed by atoms with Gasteiger partial charge in [0.15, 0.2) is 0 Å². The highest BCUT2D eigenvalue weighted by Crippen LogP contribution is 2.13. The molecule has 1 aromatic rings. The molecule has 2 amide bonds. The van der Waals surface area contributed by atoms with Gasteiger partial charge < -0.3 is 15.7 Å². The van der Waals surface area contributed by atoms with E-state index in [-0.39, 0.29) is 18.1 Å². The van der Waals surface area contributed by atoms with Crippen LogP contribution < -0.4 is 10.6 Å². The Morgan fingerprint density at radius 3 is 2.45 bits per heavy atom. The fraction of sp³-hybridized carbons (Fsp3) is 0.667. The number of hydrogen-bond acceptors (Lipinski definition) is 3. The molecular weight excluding hydrogens is 272 g/mol. The van der Waals surface area contributed by atoms with E-state index in [1.807, 2.05) is 6.92 Å². The van der Waals surface area contributed by atoms with Crippen LogP contribution in [-0.2, 0) is 6.42 Å². The van der Waals surface area contributed by atoms with Crippen LogP contribution in [-0.4, -0.2) is 30.3 Å². The molecule has 3 unspecified atom stereocenters. The zero-order chi connectivity index (χ0) is 15.0. The van der Waals surface area contributed by atoms with Gasteiger partial charge in [-0.3, -0.25) is 0 Å². The van der Waals surface area contributed by atoms with Gasteiger partial charge in [0.2, 0.25) is 0 Å². The summed E-state index contributed by atoms with van der Waals surface area (Å²) < 4.78 is 0. The second-order valence-corrected chi connectivity index (χ2v) is 6.70. The summed E-state index contributed by atoms with van der Waals surface area (Å²) in [7, 11) is 0. The molecule has 0 fully saturated rings. The number of aliphatic hydroxyl groups is 1. The van der Waals surface area contributed by atoms with Crippen LogP contribution in [0.2, 0.25) is 0 Å². The van der Waals surface area contributed by atoms with Crippen molar-refractivity contribution in [1.82, 2.24) is 10.6 Å². The van der Waals surface area contributed by atoms with Gasteiger partial charge in [-0.25, -0.2) is 4.79 Å². The number of urea groups is 1. The Bertz CT molecular complexity index is 379. The summed E-state index contributed by atoms with van der Waals surface area (Å²) in [5.41, 5.74) is 0. The van der Waals surface area contributed by atoms with Crippen LogP contribution >= 0.6 is 11.3 Å². The first kappa shape index (κ1) is 17.0. The average molecular weight is 298 g/mol. The van der Waals surface area contributed by atoms with Crippen molar-refractivity contribution in [3.63, 3.8) is 0 Å². The molecule has 0 bridgehead atoms. The van der Waals surface area contributed by atoms with Gasteiger partial charge in [0.25, 0.3) is 0 Å². The smallest absolute Gasteiger partial charge is 0.314 e. The number of carbonyl (C=O) groups excluding carboxylic acids is 1. The summed E-state index contributed by atoms with van der Waals surface area (Å²) in [6.07, 6.45) is 1.38. The summed E-state index contributed by atoms with van der Waals surface area (Å²) in [6, 6.07) is 4.05. The van der Waals surface area contributed by atoms with Gasteiger partial charge in [-0.05, 0) is 43.0 Å². The van der Waals surface area contributed by atoms with E-state index in [4.69, 9.17) is 0 Å². The third-order valence-corrected chi connectivity index (χ3v) is 3.99. The molecule has 0 aliphatic heterocycles. The molecule has 114 valence electrons. The van der Waals surface area contributed by atoms with Crippen LogP contribution in [0.1, 0.15) is 32.1 Å². The molecule has 1 aromatic heterocycles. The third kappa shape index (κ3) is 7.50. The van der Waals surface area contributed by atoms with Crippen LogP contribution in [0, 0.1) is 11.8 Å². The average Bonchev–Trinajstić information content (AvgIpc) is 2.86. The lowest BCUT2D eigenvalue weighted by Gasteiger charge is -2.16. The molecule has 3 atom stereocenters. The van der Waals surface area contributed by atoms with Crippen molar-refractivity contribution in [3.05, 3.63) is 22.4 Å². The van der Waals surface area contributed by atoms with Gasteiger partial charge in [0.1, 0.15) is 0 Å². The summed E-state index contributed by atoms with van der Waals surface area (Å²) in [5, 5.41) is 17.1. The van der Waals surface area contributed by atoms with Crippen molar-refractivity contribution in [2.75, 3.05) is 13.1 Å². The lowest BCUT2D eigenvalue weighted by Crippen LogP contribution is -2.40. The van der Waals surface area contributed by atoms with Gasteiger partial charge in [0.05, 0.1) is 6.10 Å². The Hall–Kier alpha value is -1.07. The maximum absolute atomic E-state index is 11.7. The molecular formula is C15H26N2O2S. The first-order chi connectivity index (χ1) is 9.47. The van der Waals surface area contributed by atoms with Crippen LogP contribution in [0.3, 0.4) is 0 Å². The number of carbonyl (C=O) groups is 1. The Morgan fingerprint density at radius 1 is 1.25 bits per heavy atom. The standard InChI is InChI=1S/C15H26N2O2S/c1-11(7-13(3)18)9-16-15(19)17-10-12(2)8-14-5-4-6-20-14/h4-6,11-13,18H,7-10H2,1-3H3,(H2,16,17,19). The molecule has 5 heteroatoms. The first-order valence-corrected chi connectivity index (χ1v) is 8.07. The number of nitrogens with one attached hydrogen (secondary N) is 2. The summed E-state index contributed by atoms with van der Waals surface area (Å²) in [4.78, 5) is 13.0. The molecule has 0 aliphatic rings. The van der Waals surface area contributed by atoms with E-state index in [9.17, 15) is 9.90 Å². The summed E-state index contributed by atoms with van der Waals surface area (Å²) in [5.74, 6) is 0.707. The van der Waals surface area contributed by atoms with Crippen molar-refractivity contribution < 1.29 is 9.90 Å². The first-order valence-electron chi connectivity index (χ1n) is 7.19. The molecule has 4 nitrogen and oxygen atoms in total. The molecule has 3 N–H and O–H groups in total. The van der Waals surface area contributed by atoms with E-state index < -0.39 is 0 Å². The number of amides is 2. The molecule has 0 spiro atoms. The topological polar surface area (TPSA) is 61.4 Å². The highest BCUT2D eigenvalue weighted by molar-refractivity contribution is 7.09. The molecule has 0 radical (unpaired) electrons. The summed E-state index contributed by atoms with van der Waals surface area (Å²) in [6.45, 7) is 7.19. The zero-order valence-electron chi connectivity index (χ0n) is 12.6. The molecule has 1 heterocycles. The van der Waals surface area contributed by atoms with Crippen LogP contribution in [0.25, 0.3) is 0 Å². The van der Waals surface area contributed by atoms with Crippen LogP contribution in [0.5, 0.6) is 0 Å². The fourth-order valence-electron chi connectivity index (χ4n) is 2.11. The van der Waals surface area contributed by atoms with E-state index in [0.29, 0.717) is 25.4 Å². The number of thiophene rings is 1. The van der Waals surface area contributed by atoms with Crippen molar-refractivity contribution in [3.8, 4) is 0 Å². The molecule has 0 saturated heterocycles. The second kappa shape index (κ2) is 8.97. The SMILES string of the molecule is CC(O)CC(C)CNC(=O)NCC(C)Cc1cccs1. The van der Waals surface area contributed by atoms with Gasteiger partial charge in [-0.15, -0.1) is 11.3 Å². The second-order valence-electron chi connectivity index (χ2n) is 5.67. The maximum Gasteiger partial charge on any atom is 0.314 e. The highest BCUT2D eigenvalue weighted by atomic mass is 32.1. The minimum Gasteiger partial charge on any atom is -0.393 e. The van der Waals surface area contributed by atoms with E-state index in [2.05, 4.69) is 35.1 Å². The number of aliphatic hydroxyl groups excluding tert-OH is 1. The monoisotopic (exact) mass is 298 g/mol. The Morgan fingerprint density at radius 2 is 1.90 bits per heavy atom. The predicted molar refractivity (Wildman–Crippen MR) is 84.1 cm³/mol. The molecule has 1 rings (SSSR count). The zero-order valence-corrected chi connectivity index (χ0v) is 13.4. The van der Waals surface area contributed by atoms with E-state index in [0.717, 1.165) is 6.42 Å². The fourth-order valence-corrected chi connectivity index (χ4v) is 2.98. The molecule has 20 heavy (non-hydrogen) atoms. The van der Waals surface area contributed by atoms with Crippen LogP contribution in [0.4, 0.5) is 4.79 Å². The van der Waals surface area contributed by atoms with Crippen molar-refractivity contribution in [2.45, 2.75) is 39.7 Å². The lowest BCUT2D eigenvalue weighted by atomic mass is 10.1. The van der Waals surface area contributed by atoms with Crippen molar-refractivity contribution >= 4 is 17.4 Å². The van der Waals surface area contributed by atoms with Crippen molar-refractivity contribution in [2.24, 2.45) is 11.8 Å². The predicted octanol–water partition coefficient (Wildman–Crippen LogP) is 2.63. The van der Waals surface area contributed by atoms with Gasteiger partial charge in [-0.1, -0.05) is 19.9 Å². The third-order valence-electron chi connectivity index (χ3n) is 3.10. The van der Waals surface area contributed by atoms with Crippen molar-refractivity contribution in [1.29, 1.82) is 0 Å². The normalized spacial score (nSPS) is 15.4. The quantitative estimate of drug-likeness (QED) is 0.691. The van der Waals surface area contributed by atoms with E-state index in [1.165, 1.54) is 4.88 Å². The van der Waals surface area contributed by atoms with Crippen LogP contribution in [0.15, 0.2) is 17.5 Å². The van der Waals surface area contributed by atoms with Gasteiger partial charge in [-0.2, -0.15) is 0 Å². The van der Waals surface area contributed by atoms with Gasteiger partial charge >= 0.3 is 6.03 Å². The molecule has 0 aliphatic carbocycles. The Kier molecular flexibility index (Phi) is 7.62. The minimum absolute atomic E-state index is 0.125. The Balaban J connectivity index is 2.13. The summed E-state index contributed by atoms with van der Waals surface area (Å²) >= 11 is 1.75. The van der Waals surface area contributed by atoms with E-state index >= 15 is 0 Å². The number of hydrogen-bond donors (Lipinski definition) is 3. The highest BCUT2D eigenvalue weighted by Gasteiger charge is 2.09. The van der Waals surface area contributed by atoms with E-state index in [1.54, 1.807) is 18.3 Å². The maximum atomic E-state index is 11.7. The number of rotatable bonds is 8. The lowest BCUT2D eigenvalue weighted by molar-refractivity contribution is 0.163. The minimum atomic E-state index is -0.319. The van der Waals surface area contributed by atoms with Gasteiger partial charge in [0, 0.05) is 18.0 Å². The molecule has 0 aromatic carbocycles. The Labute approximate surface area is 125 Å².